The van der Waals surface area contributed by atoms with Gasteiger partial charge in [-0.1, -0.05) is 11.6 Å². The Morgan fingerprint density at radius 1 is 1.38 bits per heavy atom. The van der Waals surface area contributed by atoms with Gasteiger partial charge in [-0.3, -0.25) is 9.78 Å². The molecule has 1 aromatic carbocycles. The van der Waals surface area contributed by atoms with Gasteiger partial charge in [-0.15, -0.1) is 0 Å². The molecule has 0 spiro atoms. The molecule has 1 fully saturated rings. The molecule has 21 heavy (non-hydrogen) atoms. The molecular weight excluding hydrogens is 292 g/mol. The maximum atomic E-state index is 12.5. The van der Waals surface area contributed by atoms with Crippen molar-refractivity contribution < 1.29 is 14.3 Å². The number of carbonyl (C=O) groups excluding carboxylic acids is 1. The van der Waals surface area contributed by atoms with Gasteiger partial charge in [0.25, 0.3) is 5.91 Å². The number of amides is 1. The lowest BCUT2D eigenvalue weighted by molar-refractivity contribution is 0.0303. The molecule has 0 aliphatic carbocycles. The van der Waals surface area contributed by atoms with Crippen LogP contribution >= 0.6 is 11.6 Å². The average molecular weight is 307 g/mol. The van der Waals surface area contributed by atoms with Crippen molar-refractivity contribution in [2.75, 3.05) is 33.4 Å². The van der Waals surface area contributed by atoms with Crippen LogP contribution in [0.2, 0.25) is 5.02 Å². The molecule has 1 saturated heterocycles. The van der Waals surface area contributed by atoms with E-state index < -0.39 is 0 Å². The van der Waals surface area contributed by atoms with Crippen LogP contribution in [0.15, 0.2) is 24.4 Å². The van der Waals surface area contributed by atoms with E-state index >= 15 is 0 Å². The summed E-state index contributed by atoms with van der Waals surface area (Å²) >= 11 is 6.41. The molecule has 5 nitrogen and oxygen atoms in total. The summed E-state index contributed by atoms with van der Waals surface area (Å²) in [5.41, 5.74) is 1.15. The van der Waals surface area contributed by atoms with E-state index in [4.69, 9.17) is 21.1 Å². The second-order valence-electron chi connectivity index (χ2n) is 4.77. The lowest BCUT2D eigenvalue weighted by Gasteiger charge is -2.27. The van der Waals surface area contributed by atoms with E-state index in [1.165, 1.54) is 6.20 Å². The Hall–Kier alpha value is -1.85. The Bertz CT molecular complexity index is 684. The molecule has 6 heteroatoms. The minimum Gasteiger partial charge on any atom is -0.497 e. The summed E-state index contributed by atoms with van der Waals surface area (Å²) < 4.78 is 10.5. The summed E-state index contributed by atoms with van der Waals surface area (Å²) in [6.07, 6.45) is 1.54. The van der Waals surface area contributed by atoms with Crippen molar-refractivity contribution in [2.24, 2.45) is 0 Å². The summed E-state index contributed by atoms with van der Waals surface area (Å²) in [5.74, 6) is 0.572. The third-order valence-corrected chi connectivity index (χ3v) is 3.95. The number of aromatic nitrogens is 1. The first-order chi connectivity index (χ1) is 10.2. The second-order valence-corrected chi connectivity index (χ2v) is 5.15. The zero-order valence-corrected chi connectivity index (χ0v) is 12.4. The van der Waals surface area contributed by atoms with Crippen molar-refractivity contribution in [1.29, 1.82) is 0 Å². The summed E-state index contributed by atoms with van der Waals surface area (Å²) in [5, 5.41) is 1.13. The van der Waals surface area contributed by atoms with Crippen molar-refractivity contribution in [3.05, 3.63) is 35.0 Å². The van der Waals surface area contributed by atoms with Crippen molar-refractivity contribution in [3.63, 3.8) is 0 Å². The van der Waals surface area contributed by atoms with Gasteiger partial charge in [0.1, 0.15) is 5.75 Å². The van der Waals surface area contributed by atoms with E-state index in [1.54, 1.807) is 18.1 Å². The number of methoxy groups -OCH3 is 1. The van der Waals surface area contributed by atoms with E-state index in [-0.39, 0.29) is 5.91 Å². The Morgan fingerprint density at radius 2 is 2.14 bits per heavy atom. The summed E-state index contributed by atoms with van der Waals surface area (Å²) in [6, 6.07) is 5.43. The van der Waals surface area contributed by atoms with Crippen LogP contribution in [0, 0.1) is 0 Å². The standard InChI is InChI=1S/C15H15ClN2O3/c1-20-10-2-3-13-11(8-10)14(16)12(9-17-13)15(19)18-4-6-21-7-5-18/h2-3,8-9H,4-7H2,1H3. The average Bonchev–Trinajstić information content (AvgIpc) is 2.55. The second kappa shape index (κ2) is 5.87. The fraction of sp³-hybridized carbons (Fsp3) is 0.333. The predicted molar refractivity (Wildman–Crippen MR) is 80.0 cm³/mol. The highest BCUT2D eigenvalue weighted by atomic mass is 35.5. The van der Waals surface area contributed by atoms with Crippen LogP contribution in [0.3, 0.4) is 0 Å². The maximum absolute atomic E-state index is 12.5. The Labute approximate surface area is 127 Å². The van der Waals surface area contributed by atoms with Gasteiger partial charge < -0.3 is 14.4 Å². The van der Waals surface area contributed by atoms with Gasteiger partial charge in [0.15, 0.2) is 0 Å². The third-order valence-electron chi connectivity index (χ3n) is 3.54. The SMILES string of the molecule is COc1ccc2ncc(C(=O)N3CCOCC3)c(Cl)c2c1. The van der Waals surface area contributed by atoms with Crippen molar-refractivity contribution in [3.8, 4) is 5.75 Å². The molecule has 1 aliphatic rings. The summed E-state index contributed by atoms with van der Waals surface area (Å²) in [6.45, 7) is 2.26. The highest BCUT2D eigenvalue weighted by molar-refractivity contribution is 6.38. The van der Waals surface area contributed by atoms with Crippen molar-refractivity contribution >= 4 is 28.4 Å². The fourth-order valence-electron chi connectivity index (χ4n) is 2.35. The van der Waals surface area contributed by atoms with Crippen molar-refractivity contribution in [1.82, 2.24) is 9.88 Å². The van der Waals surface area contributed by atoms with E-state index in [9.17, 15) is 4.79 Å². The molecule has 2 heterocycles. The Balaban J connectivity index is 2.02. The van der Waals surface area contributed by atoms with Crippen LogP contribution in [0.25, 0.3) is 10.9 Å². The van der Waals surface area contributed by atoms with Crippen LogP contribution in [0.1, 0.15) is 10.4 Å². The smallest absolute Gasteiger partial charge is 0.257 e. The Kier molecular flexibility index (Phi) is 3.94. The minimum absolute atomic E-state index is 0.111. The normalized spacial score (nSPS) is 15.2. The number of carbonyl (C=O) groups is 1. The molecule has 1 amide bonds. The summed E-state index contributed by atoms with van der Waals surface area (Å²) in [7, 11) is 1.59. The molecule has 0 bridgehead atoms. The topological polar surface area (TPSA) is 51.7 Å². The predicted octanol–water partition coefficient (Wildman–Crippen LogP) is 2.37. The monoisotopic (exact) mass is 306 g/mol. The molecule has 0 unspecified atom stereocenters. The van der Waals surface area contributed by atoms with Gasteiger partial charge >= 0.3 is 0 Å². The number of ether oxygens (including phenoxy) is 2. The lowest BCUT2D eigenvalue weighted by Crippen LogP contribution is -2.40. The molecular formula is C15H15ClN2O3. The highest BCUT2D eigenvalue weighted by Gasteiger charge is 2.22. The zero-order valence-electron chi connectivity index (χ0n) is 11.6. The molecule has 0 N–H and O–H groups in total. The van der Waals surface area contributed by atoms with Crippen LogP contribution in [-0.2, 0) is 4.74 Å². The maximum Gasteiger partial charge on any atom is 0.257 e. The van der Waals surface area contributed by atoms with Crippen LogP contribution in [0.4, 0.5) is 0 Å². The van der Waals surface area contributed by atoms with Crippen LogP contribution in [0.5, 0.6) is 5.75 Å². The minimum atomic E-state index is -0.111. The van der Waals surface area contributed by atoms with E-state index in [2.05, 4.69) is 4.98 Å². The molecule has 1 aliphatic heterocycles. The number of hydrogen-bond acceptors (Lipinski definition) is 4. The number of nitrogens with zero attached hydrogens (tertiary/aromatic N) is 2. The number of morpholine rings is 1. The molecule has 0 saturated carbocycles. The lowest BCUT2D eigenvalue weighted by atomic mass is 10.1. The Morgan fingerprint density at radius 3 is 2.86 bits per heavy atom. The number of rotatable bonds is 2. The first-order valence-corrected chi connectivity index (χ1v) is 7.08. The first kappa shape index (κ1) is 14.1. The van der Waals surface area contributed by atoms with Gasteiger partial charge in [0, 0.05) is 24.7 Å². The van der Waals surface area contributed by atoms with E-state index in [0.717, 1.165) is 10.9 Å². The zero-order chi connectivity index (χ0) is 14.8. The first-order valence-electron chi connectivity index (χ1n) is 6.70. The summed E-state index contributed by atoms with van der Waals surface area (Å²) in [4.78, 5) is 18.6. The molecule has 2 aromatic rings. The quantitative estimate of drug-likeness (QED) is 0.855. The number of hydrogen-bond donors (Lipinski definition) is 0. The van der Waals surface area contributed by atoms with E-state index in [1.807, 2.05) is 12.1 Å². The molecule has 3 rings (SSSR count). The number of pyridine rings is 1. The molecule has 110 valence electrons. The molecule has 0 radical (unpaired) electrons. The number of fused-ring (bicyclic) bond motifs is 1. The van der Waals surface area contributed by atoms with Crippen LogP contribution < -0.4 is 4.74 Å². The van der Waals surface area contributed by atoms with Gasteiger partial charge in [-0.2, -0.15) is 0 Å². The fourth-order valence-corrected chi connectivity index (χ4v) is 2.63. The highest BCUT2D eigenvalue weighted by Crippen LogP contribution is 2.29. The molecule has 1 aromatic heterocycles. The van der Waals surface area contributed by atoms with Gasteiger partial charge in [0.05, 0.1) is 36.4 Å². The van der Waals surface area contributed by atoms with Gasteiger partial charge in [0.2, 0.25) is 0 Å². The number of benzene rings is 1. The van der Waals surface area contributed by atoms with Crippen LogP contribution in [-0.4, -0.2) is 49.2 Å². The third kappa shape index (κ3) is 2.66. The number of halogens is 1. The van der Waals surface area contributed by atoms with E-state index in [0.29, 0.717) is 42.6 Å². The largest absolute Gasteiger partial charge is 0.497 e. The van der Waals surface area contributed by atoms with Gasteiger partial charge in [-0.05, 0) is 18.2 Å². The van der Waals surface area contributed by atoms with Gasteiger partial charge in [-0.25, -0.2) is 0 Å². The molecule has 0 atom stereocenters. The van der Waals surface area contributed by atoms with Crippen molar-refractivity contribution in [2.45, 2.75) is 0 Å².